The third-order valence-electron chi connectivity index (χ3n) is 4.10. The van der Waals surface area contributed by atoms with E-state index in [0.717, 1.165) is 22.5 Å². The van der Waals surface area contributed by atoms with Gasteiger partial charge in [0.25, 0.3) is 0 Å². The molecule has 0 bridgehead atoms. The van der Waals surface area contributed by atoms with Crippen LogP contribution in [0.25, 0.3) is 11.3 Å². The van der Waals surface area contributed by atoms with Crippen LogP contribution in [-0.2, 0) is 6.54 Å². The minimum Gasteiger partial charge on any atom is -0.370 e. The summed E-state index contributed by atoms with van der Waals surface area (Å²) in [6, 6.07) is 20.2. The van der Waals surface area contributed by atoms with Crippen molar-refractivity contribution in [1.29, 1.82) is 0 Å². The smallest absolute Gasteiger partial charge is 0.193 e. The van der Waals surface area contributed by atoms with Crippen LogP contribution in [-0.4, -0.2) is 10.9 Å². The third kappa shape index (κ3) is 4.44. The number of hydrogen-bond donors (Lipinski definition) is 2. The largest absolute Gasteiger partial charge is 0.370 e. The van der Waals surface area contributed by atoms with Gasteiger partial charge < -0.3 is 11.1 Å². The minimum absolute atomic E-state index is 0.409. The fourth-order valence-electron chi connectivity index (χ4n) is 2.55. The van der Waals surface area contributed by atoms with Crippen molar-refractivity contribution in [2.24, 2.45) is 10.7 Å². The lowest BCUT2D eigenvalue weighted by Crippen LogP contribution is -2.22. The summed E-state index contributed by atoms with van der Waals surface area (Å²) >= 11 is 0. The molecule has 0 aliphatic carbocycles. The molecule has 0 saturated heterocycles. The van der Waals surface area contributed by atoms with Crippen molar-refractivity contribution in [2.75, 3.05) is 5.32 Å². The maximum absolute atomic E-state index is 6.02. The van der Waals surface area contributed by atoms with Crippen LogP contribution in [0.5, 0.6) is 0 Å². The Kier molecular flexibility index (Phi) is 5.09. The Bertz CT molecular complexity index is 885. The summed E-state index contributed by atoms with van der Waals surface area (Å²) in [7, 11) is 0. The number of benzene rings is 2. The molecule has 0 unspecified atom stereocenters. The number of rotatable bonds is 4. The van der Waals surface area contributed by atoms with Crippen molar-refractivity contribution in [3.05, 3.63) is 83.6 Å². The Hall–Kier alpha value is -3.14. The Morgan fingerprint density at radius 1 is 1.00 bits per heavy atom. The van der Waals surface area contributed by atoms with E-state index in [9.17, 15) is 0 Å². The van der Waals surface area contributed by atoms with Crippen molar-refractivity contribution in [2.45, 2.75) is 20.4 Å². The predicted octanol–water partition coefficient (Wildman–Crippen LogP) is 4.29. The first-order valence-corrected chi connectivity index (χ1v) is 8.26. The van der Waals surface area contributed by atoms with Gasteiger partial charge in [-0.15, -0.1) is 0 Å². The summed E-state index contributed by atoms with van der Waals surface area (Å²) in [6.07, 6.45) is 1.80. The fourth-order valence-corrected chi connectivity index (χ4v) is 2.55. The number of aliphatic imine (C=N–C) groups is 1. The summed E-state index contributed by atoms with van der Waals surface area (Å²) in [5.41, 5.74) is 12.6. The molecular weight excluding hydrogens is 308 g/mol. The highest BCUT2D eigenvalue weighted by Gasteiger charge is 2.01. The standard InChI is InChI=1S/C21H22N4/c1-15-9-10-19(12-16(15)2)25-21(22)24-14-17-6-5-7-18(13-17)20-8-3-4-11-23-20/h3-13H,14H2,1-2H3,(H3,22,24,25). The van der Waals surface area contributed by atoms with Crippen LogP contribution in [0.3, 0.4) is 0 Å². The first-order valence-electron chi connectivity index (χ1n) is 8.26. The number of nitrogens with two attached hydrogens (primary N) is 1. The maximum atomic E-state index is 6.02. The van der Waals surface area contributed by atoms with E-state index in [1.165, 1.54) is 11.1 Å². The number of guanidine groups is 1. The van der Waals surface area contributed by atoms with E-state index in [1.807, 2.05) is 42.5 Å². The van der Waals surface area contributed by atoms with E-state index in [-0.39, 0.29) is 0 Å². The minimum atomic E-state index is 0.409. The number of aryl methyl sites for hydroxylation is 2. The molecule has 4 heteroatoms. The van der Waals surface area contributed by atoms with Gasteiger partial charge in [0.15, 0.2) is 5.96 Å². The zero-order valence-corrected chi connectivity index (χ0v) is 14.5. The van der Waals surface area contributed by atoms with E-state index < -0.39 is 0 Å². The van der Waals surface area contributed by atoms with E-state index >= 15 is 0 Å². The predicted molar refractivity (Wildman–Crippen MR) is 105 cm³/mol. The quantitative estimate of drug-likeness (QED) is 0.554. The molecular formula is C21H22N4. The van der Waals surface area contributed by atoms with Gasteiger partial charge in [-0.1, -0.05) is 30.3 Å². The first-order chi connectivity index (χ1) is 12.1. The highest BCUT2D eigenvalue weighted by atomic mass is 15.1. The topological polar surface area (TPSA) is 63.3 Å². The second kappa shape index (κ2) is 7.62. The van der Waals surface area contributed by atoms with Gasteiger partial charge in [0.05, 0.1) is 12.2 Å². The highest BCUT2D eigenvalue weighted by Crippen LogP contribution is 2.18. The lowest BCUT2D eigenvalue weighted by atomic mass is 10.1. The molecule has 1 aromatic heterocycles. The molecule has 0 aliphatic heterocycles. The normalized spacial score (nSPS) is 11.4. The van der Waals surface area contributed by atoms with Crippen molar-refractivity contribution in [1.82, 2.24) is 4.98 Å². The van der Waals surface area contributed by atoms with Crippen LogP contribution in [0, 0.1) is 13.8 Å². The van der Waals surface area contributed by atoms with Crippen molar-refractivity contribution in [3.8, 4) is 11.3 Å². The van der Waals surface area contributed by atoms with Crippen molar-refractivity contribution >= 4 is 11.6 Å². The number of nitrogens with zero attached hydrogens (tertiary/aromatic N) is 2. The number of nitrogens with one attached hydrogen (secondary N) is 1. The van der Waals surface area contributed by atoms with Gasteiger partial charge in [-0.3, -0.25) is 4.98 Å². The number of hydrogen-bond acceptors (Lipinski definition) is 2. The summed E-state index contributed by atoms with van der Waals surface area (Å²) in [4.78, 5) is 8.82. The average molecular weight is 330 g/mol. The van der Waals surface area contributed by atoms with Crippen LogP contribution in [0.15, 0.2) is 71.9 Å². The number of anilines is 1. The molecule has 0 aliphatic rings. The van der Waals surface area contributed by atoms with Crippen LogP contribution in [0.2, 0.25) is 0 Å². The van der Waals surface area contributed by atoms with E-state index in [1.54, 1.807) is 6.20 Å². The lowest BCUT2D eigenvalue weighted by Gasteiger charge is -2.08. The van der Waals surface area contributed by atoms with Gasteiger partial charge in [-0.25, -0.2) is 4.99 Å². The molecule has 1 heterocycles. The highest BCUT2D eigenvalue weighted by molar-refractivity contribution is 5.92. The molecule has 0 fully saturated rings. The summed E-state index contributed by atoms with van der Waals surface area (Å²) in [5.74, 6) is 0.409. The second-order valence-electron chi connectivity index (χ2n) is 6.04. The molecule has 0 amide bonds. The van der Waals surface area contributed by atoms with Crippen LogP contribution >= 0.6 is 0 Å². The molecule has 0 saturated carbocycles. The molecule has 3 N–H and O–H groups in total. The van der Waals surface area contributed by atoms with Gasteiger partial charge in [0, 0.05) is 17.4 Å². The van der Waals surface area contributed by atoms with Crippen LogP contribution in [0.1, 0.15) is 16.7 Å². The van der Waals surface area contributed by atoms with Crippen molar-refractivity contribution in [3.63, 3.8) is 0 Å². The monoisotopic (exact) mass is 330 g/mol. The number of pyridine rings is 1. The third-order valence-corrected chi connectivity index (χ3v) is 4.10. The van der Waals surface area contributed by atoms with Crippen LogP contribution in [0.4, 0.5) is 5.69 Å². The molecule has 25 heavy (non-hydrogen) atoms. The van der Waals surface area contributed by atoms with Gasteiger partial charge in [0.2, 0.25) is 0 Å². The molecule has 3 aromatic rings. The summed E-state index contributed by atoms with van der Waals surface area (Å²) in [6.45, 7) is 4.69. The lowest BCUT2D eigenvalue weighted by molar-refractivity contribution is 1.06. The summed E-state index contributed by atoms with van der Waals surface area (Å²) in [5, 5.41) is 3.14. The molecule has 3 rings (SSSR count). The molecule has 0 radical (unpaired) electrons. The van der Waals surface area contributed by atoms with Crippen molar-refractivity contribution < 1.29 is 0 Å². The zero-order valence-electron chi connectivity index (χ0n) is 14.5. The number of aromatic nitrogens is 1. The van der Waals surface area contributed by atoms with Gasteiger partial charge in [0.1, 0.15) is 0 Å². The maximum Gasteiger partial charge on any atom is 0.193 e. The van der Waals surface area contributed by atoms with E-state index in [0.29, 0.717) is 12.5 Å². The first kappa shape index (κ1) is 16.7. The molecule has 126 valence electrons. The van der Waals surface area contributed by atoms with Gasteiger partial charge in [-0.2, -0.15) is 0 Å². The summed E-state index contributed by atoms with van der Waals surface area (Å²) < 4.78 is 0. The fraction of sp³-hybridized carbons (Fsp3) is 0.143. The Morgan fingerprint density at radius 2 is 1.88 bits per heavy atom. The Morgan fingerprint density at radius 3 is 2.64 bits per heavy atom. The van der Waals surface area contributed by atoms with Crippen LogP contribution < -0.4 is 11.1 Å². The Balaban J connectivity index is 1.69. The Labute approximate surface area is 148 Å². The SMILES string of the molecule is Cc1ccc(NC(N)=NCc2cccc(-c3ccccn3)c2)cc1C. The molecule has 0 atom stereocenters. The van der Waals surface area contributed by atoms with Gasteiger partial charge in [-0.05, 0) is 60.9 Å². The zero-order chi connectivity index (χ0) is 17.6. The van der Waals surface area contributed by atoms with E-state index in [4.69, 9.17) is 5.73 Å². The molecule has 2 aromatic carbocycles. The van der Waals surface area contributed by atoms with Gasteiger partial charge >= 0.3 is 0 Å². The average Bonchev–Trinajstić information content (AvgIpc) is 2.64. The molecule has 0 spiro atoms. The molecule has 4 nitrogen and oxygen atoms in total. The van der Waals surface area contributed by atoms with E-state index in [2.05, 4.69) is 47.3 Å². The second-order valence-corrected chi connectivity index (χ2v) is 6.04.